The molecule has 1 aromatic rings. The Balaban J connectivity index is 1.73. The Morgan fingerprint density at radius 1 is 1.14 bits per heavy atom. The van der Waals surface area contributed by atoms with Gasteiger partial charge in [0, 0.05) is 18.7 Å². The van der Waals surface area contributed by atoms with Gasteiger partial charge in [0.1, 0.15) is 0 Å². The van der Waals surface area contributed by atoms with Gasteiger partial charge in [0.2, 0.25) is 0 Å². The minimum atomic E-state index is -0.383. The molecule has 1 atom stereocenters. The van der Waals surface area contributed by atoms with Crippen molar-refractivity contribution >= 4 is 12.7 Å². The molecule has 0 spiro atoms. The van der Waals surface area contributed by atoms with Crippen molar-refractivity contribution in [2.75, 3.05) is 13.2 Å². The van der Waals surface area contributed by atoms with Crippen molar-refractivity contribution in [3.8, 4) is 0 Å². The zero-order valence-electron chi connectivity index (χ0n) is 13.4. The first-order chi connectivity index (χ1) is 9.89. The van der Waals surface area contributed by atoms with Crippen molar-refractivity contribution in [1.82, 2.24) is 4.98 Å². The van der Waals surface area contributed by atoms with Crippen molar-refractivity contribution in [2.24, 2.45) is 0 Å². The summed E-state index contributed by atoms with van der Waals surface area (Å²) in [5.74, 6) is 0.471. The SMILES string of the molecule is CC1(C)OB(c2ccc(C3CCCOC3)cn2)OC1(C)C. The van der Waals surface area contributed by atoms with Crippen molar-refractivity contribution in [3.63, 3.8) is 0 Å². The van der Waals surface area contributed by atoms with Crippen LogP contribution in [-0.2, 0) is 14.0 Å². The molecule has 2 aliphatic rings. The van der Waals surface area contributed by atoms with Crippen LogP contribution >= 0.6 is 0 Å². The summed E-state index contributed by atoms with van der Waals surface area (Å²) in [6.45, 7) is 9.91. The van der Waals surface area contributed by atoms with Crippen molar-refractivity contribution < 1.29 is 14.0 Å². The minimum Gasteiger partial charge on any atom is -0.398 e. The lowest BCUT2D eigenvalue weighted by Crippen LogP contribution is -2.41. The average molecular weight is 289 g/mol. The molecule has 3 rings (SSSR count). The maximum Gasteiger partial charge on any atom is 0.514 e. The third-order valence-corrected chi connectivity index (χ3v) is 4.94. The molecule has 5 heteroatoms. The second-order valence-corrected chi connectivity index (χ2v) is 7.02. The molecule has 0 aromatic carbocycles. The smallest absolute Gasteiger partial charge is 0.398 e. The molecular formula is C16H24BNO3. The zero-order valence-corrected chi connectivity index (χ0v) is 13.4. The van der Waals surface area contributed by atoms with Crippen LogP contribution in [0.5, 0.6) is 0 Å². The van der Waals surface area contributed by atoms with Gasteiger partial charge in [-0.15, -0.1) is 0 Å². The van der Waals surface area contributed by atoms with Gasteiger partial charge in [-0.05, 0) is 52.2 Å². The van der Waals surface area contributed by atoms with Gasteiger partial charge in [0.05, 0.1) is 23.4 Å². The van der Waals surface area contributed by atoms with Gasteiger partial charge >= 0.3 is 7.12 Å². The summed E-state index contributed by atoms with van der Waals surface area (Å²) in [5, 5.41) is 0. The first-order valence-corrected chi connectivity index (χ1v) is 7.78. The van der Waals surface area contributed by atoms with E-state index in [0.717, 1.165) is 25.2 Å². The number of nitrogens with zero attached hydrogens (tertiary/aromatic N) is 1. The van der Waals surface area contributed by atoms with Crippen LogP contribution in [0.15, 0.2) is 18.3 Å². The topological polar surface area (TPSA) is 40.6 Å². The molecule has 2 aliphatic heterocycles. The maximum atomic E-state index is 6.03. The molecule has 0 saturated carbocycles. The highest BCUT2D eigenvalue weighted by molar-refractivity contribution is 6.61. The first-order valence-electron chi connectivity index (χ1n) is 7.78. The van der Waals surface area contributed by atoms with E-state index in [4.69, 9.17) is 14.0 Å². The Labute approximate surface area is 127 Å². The molecule has 0 bridgehead atoms. The van der Waals surface area contributed by atoms with E-state index < -0.39 is 0 Å². The lowest BCUT2D eigenvalue weighted by atomic mass is 9.83. The molecule has 3 heterocycles. The number of hydrogen-bond donors (Lipinski definition) is 0. The van der Waals surface area contributed by atoms with E-state index in [2.05, 4.69) is 38.7 Å². The van der Waals surface area contributed by atoms with Gasteiger partial charge in [-0.3, -0.25) is 4.98 Å². The van der Waals surface area contributed by atoms with E-state index in [9.17, 15) is 0 Å². The summed E-state index contributed by atoms with van der Waals surface area (Å²) in [7, 11) is -0.383. The van der Waals surface area contributed by atoms with Gasteiger partial charge in [0.25, 0.3) is 0 Å². The van der Waals surface area contributed by atoms with E-state index >= 15 is 0 Å². The Hall–Kier alpha value is -0.905. The Kier molecular flexibility index (Phi) is 3.84. The van der Waals surface area contributed by atoms with Crippen LogP contribution < -0.4 is 5.59 Å². The van der Waals surface area contributed by atoms with E-state index in [1.165, 1.54) is 12.0 Å². The number of ether oxygens (including phenoxy) is 1. The third kappa shape index (κ3) is 2.87. The van der Waals surface area contributed by atoms with E-state index in [1.807, 2.05) is 12.3 Å². The molecule has 0 amide bonds. The number of hydrogen-bond acceptors (Lipinski definition) is 4. The molecule has 1 unspecified atom stereocenters. The van der Waals surface area contributed by atoms with Crippen LogP contribution in [0.3, 0.4) is 0 Å². The van der Waals surface area contributed by atoms with Crippen LogP contribution in [0, 0.1) is 0 Å². The largest absolute Gasteiger partial charge is 0.514 e. The Morgan fingerprint density at radius 3 is 2.38 bits per heavy atom. The van der Waals surface area contributed by atoms with Gasteiger partial charge in [-0.1, -0.05) is 6.07 Å². The second kappa shape index (κ2) is 5.38. The summed E-state index contributed by atoms with van der Waals surface area (Å²) in [4.78, 5) is 4.56. The molecule has 114 valence electrons. The summed E-state index contributed by atoms with van der Waals surface area (Å²) >= 11 is 0. The molecule has 0 N–H and O–H groups in total. The fraction of sp³-hybridized carbons (Fsp3) is 0.688. The molecule has 4 nitrogen and oxygen atoms in total. The number of rotatable bonds is 2. The molecular weight excluding hydrogens is 265 g/mol. The maximum absolute atomic E-state index is 6.03. The highest BCUT2D eigenvalue weighted by Gasteiger charge is 2.52. The number of pyridine rings is 1. The van der Waals surface area contributed by atoms with Gasteiger partial charge in [-0.2, -0.15) is 0 Å². The molecule has 2 saturated heterocycles. The van der Waals surface area contributed by atoms with Crippen molar-refractivity contribution in [1.29, 1.82) is 0 Å². The fourth-order valence-electron chi connectivity index (χ4n) is 2.77. The van der Waals surface area contributed by atoms with Gasteiger partial charge in [-0.25, -0.2) is 0 Å². The fourth-order valence-corrected chi connectivity index (χ4v) is 2.77. The van der Waals surface area contributed by atoms with Crippen molar-refractivity contribution in [2.45, 2.75) is 57.7 Å². The van der Waals surface area contributed by atoms with Crippen molar-refractivity contribution in [3.05, 3.63) is 23.9 Å². The normalized spacial score (nSPS) is 27.8. The quantitative estimate of drug-likeness (QED) is 0.783. The predicted octanol–water partition coefficient (Wildman–Crippen LogP) is 2.27. The predicted molar refractivity (Wildman–Crippen MR) is 82.7 cm³/mol. The monoisotopic (exact) mass is 289 g/mol. The number of aromatic nitrogens is 1. The van der Waals surface area contributed by atoms with E-state index in [1.54, 1.807) is 0 Å². The lowest BCUT2D eigenvalue weighted by molar-refractivity contribution is 0.00578. The summed E-state index contributed by atoms with van der Waals surface area (Å²) < 4.78 is 17.6. The van der Waals surface area contributed by atoms with Crippen LogP contribution in [0.2, 0.25) is 0 Å². The van der Waals surface area contributed by atoms with Crippen LogP contribution in [0.1, 0.15) is 52.0 Å². The highest BCUT2D eigenvalue weighted by Crippen LogP contribution is 2.36. The van der Waals surface area contributed by atoms with Crippen LogP contribution in [0.4, 0.5) is 0 Å². The minimum absolute atomic E-state index is 0.324. The molecule has 1 aromatic heterocycles. The average Bonchev–Trinajstić information content (AvgIpc) is 2.69. The standard InChI is InChI=1S/C16H24BNO3/c1-15(2)16(3,4)21-17(20-15)14-8-7-12(10-18-14)13-6-5-9-19-11-13/h7-8,10,13H,5-6,9,11H2,1-4H3. The first kappa shape index (κ1) is 15.0. The molecule has 2 fully saturated rings. The van der Waals surface area contributed by atoms with Crippen LogP contribution in [0.25, 0.3) is 0 Å². The summed E-state index contributed by atoms with van der Waals surface area (Å²) in [6, 6.07) is 4.15. The lowest BCUT2D eigenvalue weighted by Gasteiger charge is -2.32. The zero-order chi connectivity index (χ0) is 15.1. The highest BCUT2D eigenvalue weighted by atomic mass is 16.7. The second-order valence-electron chi connectivity index (χ2n) is 7.02. The third-order valence-electron chi connectivity index (χ3n) is 4.94. The van der Waals surface area contributed by atoms with Gasteiger partial charge in [0.15, 0.2) is 0 Å². The Morgan fingerprint density at radius 2 is 1.86 bits per heavy atom. The summed E-state index contributed by atoms with van der Waals surface area (Å²) in [5.41, 5.74) is 1.44. The summed E-state index contributed by atoms with van der Waals surface area (Å²) in [6.07, 6.45) is 4.25. The molecule has 0 radical (unpaired) electrons. The van der Waals surface area contributed by atoms with Crippen LogP contribution in [-0.4, -0.2) is 36.5 Å². The molecule has 21 heavy (non-hydrogen) atoms. The Bertz CT molecular complexity index is 479. The van der Waals surface area contributed by atoms with E-state index in [0.29, 0.717) is 5.92 Å². The van der Waals surface area contributed by atoms with Gasteiger partial charge < -0.3 is 14.0 Å². The molecule has 0 aliphatic carbocycles. The van der Waals surface area contributed by atoms with E-state index in [-0.39, 0.29) is 18.3 Å².